The highest BCUT2D eigenvalue weighted by Gasteiger charge is 2.32. The minimum Gasteiger partial charge on any atom is -0.166 e. The van der Waals surface area contributed by atoms with E-state index in [4.69, 9.17) is 0 Å². The van der Waals surface area contributed by atoms with Gasteiger partial charge in [-0.05, 0) is 54.8 Å². The Morgan fingerprint density at radius 2 is 1.04 bits per heavy atom. The molecule has 6 heteroatoms. The van der Waals surface area contributed by atoms with Crippen LogP contribution >= 0.6 is 0 Å². The van der Waals surface area contributed by atoms with Gasteiger partial charge in [-0.15, -0.1) is 0 Å². The first kappa shape index (κ1) is 18.1. The highest BCUT2D eigenvalue weighted by atomic mass is 19.4. The van der Waals surface area contributed by atoms with Crippen molar-refractivity contribution in [1.82, 2.24) is 0 Å². The smallest absolute Gasteiger partial charge is 0.166 e. The number of hydrogen-bond acceptors (Lipinski definition) is 0. The van der Waals surface area contributed by atoms with Gasteiger partial charge in [-0.1, -0.05) is 29.8 Å². The molecule has 0 bridgehead atoms. The van der Waals surface area contributed by atoms with Crippen molar-refractivity contribution >= 4 is 5.57 Å². The quantitative estimate of drug-likeness (QED) is 0.541. The molecule has 0 heterocycles. The van der Waals surface area contributed by atoms with Crippen molar-refractivity contribution in [2.75, 3.05) is 0 Å². The van der Waals surface area contributed by atoms with Crippen LogP contribution in [0.5, 0.6) is 0 Å². The summed E-state index contributed by atoms with van der Waals surface area (Å²) in [6.07, 6.45) is -9.03. The first-order valence-electron chi connectivity index (χ1n) is 7.03. The fourth-order valence-corrected chi connectivity index (χ4v) is 2.45. The van der Waals surface area contributed by atoms with Crippen molar-refractivity contribution in [3.63, 3.8) is 0 Å². The second-order valence-corrected chi connectivity index (χ2v) is 5.53. The van der Waals surface area contributed by atoms with E-state index in [0.29, 0.717) is 11.1 Å². The van der Waals surface area contributed by atoms with Gasteiger partial charge in [0, 0.05) is 0 Å². The molecule has 0 aliphatic rings. The summed E-state index contributed by atoms with van der Waals surface area (Å²) in [7, 11) is 0. The molecule has 0 saturated heterocycles. The van der Waals surface area contributed by atoms with Gasteiger partial charge in [0.05, 0.1) is 11.1 Å². The molecule has 0 N–H and O–H groups in total. The molecule has 0 aromatic heterocycles. The molecule has 0 atom stereocenters. The van der Waals surface area contributed by atoms with Gasteiger partial charge in [0.25, 0.3) is 0 Å². The molecule has 0 fully saturated rings. The highest BCUT2D eigenvalue weighted by Crippen LogP contribution is 2.36. The average Bonchev–Trinajstić information content (AvgIpc) is 2.46. The van der Waals surface area contributed by atoms with Gasteiger partial charge in [0.1, 0.15) is 0 Å². The first-order chi connectivity index (χ1) is 11.0. The number of alkyl halides is 6. The van der Waals surface area contributed by atoms with Crippen molar-refractivity contribution in [3.8, 4) is 0 Å². The topological polar surface area (TPSA) is 0 Å². The fraction of sp³-hybridized carbons (Fsp3) is 0.222. The van der Waals surface area contributed by atoms with Gasteiger partial charge in [-0.25, -0.2) is 0 Å². The van der Waals surface area contributed by atoms with E-state index in [1.54, 1.807) is 13.8 Å². The number of allylic oxidation sites excluding steroid dienone is 1. The average molecular weight is 344 g/mol. The molecule has 2 aromatic rings. The summed E-state index contributed by atoms with van der Waals surface area (Å²) < 4.78 is 77.3. The predicted molar refractivity (Wildman–Crippen MR) is 80.3 cm³/mol. The maximum Gasteiger partial charge on any atom is 0.416 e. The molecule has 0 saturated carbocycles. The lowest BCUT2D eigenvalue weighted by molar-refractivity contribution is -0.138. The van der Waals surface area contributed by atoms with Crippen molar-refractivity contribution < 1.29 is 26.3 Å². The van der Waals surface area contributed by atoms with Gasteiger partial charge < -0.3 is 0 Å². The van der Waals surface area contributed by atoms with E-state index in [2.05, 4.69) is 0 Å². The van der Waals surface area contributed by atoms with Crippen LogP contribution in [0.15, 0.2) is 54.1 Å². The van der Waals surface area contributed by atoms with Crippen LogP contribution in [0.2, 0.25) is 0 Å². The molecule has 0 amide bonds. The second-order valence-electron chi connectivity index (χ2n) is 5.53. The van der Waals surface area contributed by atoms with Crippen molar-refractivity contribution in [1.29, 1.82) is 0 Å². The molecule has 2 aromatic carbocycles. The third kappa shape index (κ3) is 3.99. The van der Waals surface area contributed by atoms with E-state index >= 15 is 0 Å². The zero-order valence-corrected chi connectivity index (χ0v) is 12.9. The van der Waals surface area contributed by atoms with Crippen LogP contribution in [0.1, 0.15) is 36.1 Å². The van der Waals surface area contributed by atoms with Gasteiger partial charge in [0.2, 0.25) is 0 Å². The van der Waals surface area contributed by atoms with Crippen molar-refractivity contribution in [2.45, 2.75) is 26.2 Å². The van der Waals surface area contributed by atoms with Crippen molar-refractivity contribution in [2.24, 2.45) is 0 Å². The molecular formula is C18H14F6. The largest absolute Gasteiger partial charge is 0.416 e. The zero-order chi connectivity index (χ0) is 18.1. The molecule has 0 radical (unpaired) electrons. The van der Waals surface area contributed by atoms with E-state index in [0.717, 1.165) is 24.3 Å². The molecule has 0 nitrogen and oxygen atoms in total. The minimum absolute atomic E-state index is 0.226. The summed E-state index contributed by atoms with van der Waals surface area (Å²) in [5.41, 5.74) is -0.259. The Bertz CT molecular complexity index is 702. The van der Waals surface area contributed by atoms with E-state index in [1.165, 1.54) is 24.3 Å². The lowest BCUT2D eigenvalue weighted by Crippen LogP contribution is -2.07. The predicted octanol–water partition coefficient (Wildman–Crippen LogP) is 6.57. The Hall–Kier alpha value is -2.24. The summed E-state index contributed by atoms with van der Waals surface area (Å²) in [6.45, 7) is 3.30. The van der Waals surface area contributed by atoms with Crippen LogP contribution < -0.4 is 0 Å². The summed E-state index contributed by atoms with van der Waals surface area (Å²) in [5.74, 6) is 0. The molecule has 2 rings (SSSR count). The molecule has 24 heavy (non-hydrogen) atoms. The van der Waals surface area contributed by atoms with Gasteiger partial charge in [0.15, 0.2) is 0 Å². The molecule has 0 spiro atoms. The third-order valence-electron chi connectivity index (χ3n) is 3.46. The SMILES string of the molecule is CC(C)=C(c1cccc(C(F)(F)F)c1)c1cccc(C(F)(F)F)c1. The molecule has 0 unspecified atom stereocenters. The Labute approximate surface area is 135 Å². The van der Waals surface area contributed by atoms with E-state index in [9.17, 15) is 26.3 Å². The Balaban J connectivity index is 2.60. The van der Waals surface area contributed by atoms with E-state index < -0.39 is 23.5 Å². The molecule has 0 aliphatic heterocycles. The number of rotatable bonds is 2. The molecule has 128 valence electrons. The Kier molecular flexibility index (Phi) is 4.78. The van der Waals surface area contributed by atoms with Gasteiger partial charge >= 0.3 is 12.4 Å². The molecule has 0 aliphatic carbocycles. The lowest BCUT2D eigenvalue weighted by atomic mass is 9.92. The summed E-state index contributed by atoms with van der Waals surface area (Å²) >= 11 is 0. The Morgan fingerprint density at radius 1 is 0.667 bits per heavy atom. The van der Waals surface area contributed by atoms with Gasteiger partial charge in [-0.3, -0.25) is 0 Å². The third-order valence-corrected chi connectivity index (χ3v) is 3.46. The van der Waals surface area contributed by atoms with E-state index in [1.807, 2.05) is 0 Å². The summed E-state index contributed by atoms with van der Waals surface area (Å²) in [6, 6.07) is 9.15. The van der Waals surface area contributed by atoms with Gasteiger partial charge in [-0.2, -0.15) is 26.3 Å². The molecular weight excluding hydrogens is 330 g/mol. The number of hydrogen-bond donors (Lipinski definition) is 0. The minimum atomic E-state index is -4.52. The van der Waals surface area contributed by atoms with Crippen LogP contribution in [0, 0.1) is 0 Å². The van der Waals surface area contributed by atoms with Crippen LogP contribution in [-0.2, 0) is 12.4 Å². The maximum absolute atomic E-state index is 12.9. The van der Waals surface area contributed by atoms with Crippen LogP contribution in [0.4, 0.5) is 26.3 Å². The first-order valence-corrected chi connectivity index (χ1v) is 7.03. The normalized spacial score (nSPS) is 12.2. The van der Waals surface area contributed by atoms with Crippen LogP contribution in [0.25, 0.3) is 5.57 Å². The van der Waals surface area contributed by atoms with Crippen LogP contribution in [0.3, 0.4) is 0 Å². The second kappa shape index (κ2) is 6.34. The Morgan fingerprint density at radius 3 is 1.33 bits per heavy atom. The summed E-state index contributed by atoms with van der Waals surface area (Å²) in [4.78, 5) is 0. The van der Waals surface area contributed by atoms with Crippen LogP contribution in [-0.4, -0.2) is 0 Å². The lowest BCUT2D eigenvalue weighted by Gasteiger charge is -2.15. The fourth-order valence-electron chi connectivity index (χ4n) is 2.45. The van der Waals surface area contributed by atoms with E-state index in [-0.39, 0.29) is 11.1 Å². The zero-order valence-electron chi connectivity index (χ0n) is 12.9. The highest BCUT2D eigenvalue weighted by molar-refractivity contribution is 5.82. The summed E-state index contributed by atoms with van der Waals surface area (Å²) in [5, 5.41) is 0. The maximum atomic E-state index is 12.9. The van der Waals surface area contributed by atoms with Crippen molar-refractivity contribution in [3.05, 3.63) is 76.4 Å². The number of benzene rings is 2. The number of halogens is 6. The standard InChI is InChI=1S/C18H14F6/c1-11(2)16(12-5-3-7-14(9-12)17(19,20)21)13-6-4-8-15(10-13)18(22,23)24/h3-10H,1-2H3. The monoisotopic (exact) mass is 344 g/mol.